The van der Waals surface area contributed by atoms with Crippen molar-refractivity contribution >= 4 is 23.9 Å². The molecule has 4 aromatic rings. The lowest BCUT2D eigenvalue weighted by atomic mass is 9.82. The van der Waals surface area contributed by atoms with Gasteiger partial charge in [-0.15, -0.1) is 0 Å². The summed E-state index contributed by atoms with van der Waals surface area (Å²) in [5, 5.41) is 0. The zero-order valence-electron chi connectivity index (χ0n) is 55.4. The maximum atomic E-state index is 13.6. The summed E-state index contributed by atoms with van der Waals surface area (Å²) in [7, 11) is 0. The van der Waals surface area contributed by atoms with Crippen molar-refractivity contribution < 1.29 is 66.5 Å². The first-order chi connectivity index (χ1) is 38.2. The molecule has 0 N–H and O–H groups in total. The molecule has 1 aliphatic rings. The Bertz CT molecular complexity index is 2590. The lowest BCUT2D eigenvalue weighted by Gasteiger charge is -2.28. The van der Waals surface area contributed by atoms with Crippen molar-refractivity contribution in [3.05, 3.63) is 115 Å². The molecule has 464 valence electrons. The van der Waals surface area contributed by atoms with E-state index in [2.05, 4.69) is 132 Å². The second-order valence-electron chi connectivity index (χ2n) is 30.3. The van der Waals surface area contributed by atoms with E-state index in [0.29, 0.717) is 45.3 Å². The van der Waals surface area contributed by atoms with Gasteiger partial charge in [-0.2, -0.15) is 0 Å². The zero-order chi connectivity index (χ0) is 63.3. The number of esters is 4. The Morgan fingerprint density at radius 3 is 0.619 bits per heavy atom. The molecule has 4 aromatic carbocycles. The topological polar surface area (TPSA) is 161 Å². The van der Waals surface area contributed by atoms with E-state index in [0.717, 1.165) is 44.5 Å². The highest BCUT2D eigenvalue weighted by Gasteiger charge is 2.31. The van der Waals surface area contributed by atoms with Crippen LogP contribution >= 0.6 is 0 Å². The minimum absolute atomic E-state index is 0.0178. The Kier molecular flexibility index (Phi) is 21.4. The van der Waals surface area contributed by atoms with Crippen molar-refractivity contribution in [2.75, 3.05) is 26.4 Å². The standard InChI is InChI=1S/C70H100O14/c1-63(2,3)51-27-43-25-44-28-52(64(4,5)6)33-49(60(44)78-40-56(72)82-68(16,17)18)37-76-38-50-34-54(66(10,11)12)30-46(62(50)80-42-58(74)84-70(22,23)24)26-45-29-53(65(7,8)9)32-48(61(45)79-41-57(73)83-69(19,20)21)36-75-35-47(31-51)59(43)77-39-55(71)81-67(13,14)15/h27-34H,25-26,35-42H2,1-24H3. The van der Waals surface area contributed by atoms with Crippen LogP contribution in [0, 0.1) is 0 Å². The van der Waals surface area contributed by atoms with Crippen LogP contribution in [0.5, 0.6) is 23.0 Å². The van der Waals surface area contributed by atoms with Crippen LogP contribution in [0.15, 0.2) is 48.5 Å². The maximum absolute atomic E-state index is 13.6. The van der Waals surface area contributed by atoms with Crippen LogP contribution in [0.25, 0.3) is 0 Å². The number of fused-ring (bicyclic) bond motifs is 8. The van der Waals surface area contributed by atoms with Gasteiger partial charge in [-0.3, -0.25) is 0 Å². The molecule has 5 rings (SSSR count). The normalized spacial score (nSPS) is 14.2. The van der Waals surface area contributed by atoms with Gasteiger partial charge in [0.25, 0.3) is 0 Å². The highest BCUT2D eigenvalue weighted by molar-refractivity contribution is 5.73. The number of hydrogen-bond acceptors (Lipinski definition) is 14. The smallest absolute Gasteiger partial charge is 0.344 e. The number of benzene rings is 4. The quantitative estimate of drug-likeness (QED) is 0.0973. The van der Waals surface area contributed by atoms with Gasteiger partial charge in [0.1, 0.15) is 45.4 Å². The first-order valence-electron chi connectivity index (χ1n) is 29.4. The van der Waals surface area contributed by atoms with Gasteiger partial charge in [-0.1, -0.05) is 107 Å². The molecule has 1 aliphatic heterocycles. The molecule has 14 nitrogen and oxygen atoms in total. The SMILES string of the molecule is CC(C)(C)OC(=O)COc1c2cc(C(C)(C)C)cc1Cc1cc(C(C)(C)C)cc(c1OCC(=O)OC(C)(C)C)COCc1cc(C(C)(C)C)cc(c1OCC(=O)OC(C)(C)C)Cc1cc(C(C)(C)C)cc(c1OCC(=O)OC(C)(C)C)COC2. The van der Waals surface area contributed by atoms with Crippen LogP contribution in [0.1, 0.15) is 233 Å². The predicted octanol–water partition coefficient (Wildman–Crippen LogP) is 14.7. The highest BCUT2D eigenvalue weighted by atomic mass is 16.6. The molecule has 0 spiro atoms. The van der Waals surface area contributed by atoms with Gasteiger partial charge in [0.05, 0.1) is 26.4 Å². The van der Waals surface area contributed by atoms with Gasteiger partial charge in [-0.05, 0) is 174 Å². The van der Waals surface area contributed by atoms with Crippen LogP contribution in [0.3, 0.4) is 0 Å². The number of carbonyl (C=O) groups is 4. The first kappa shape index (κ1) is 68.7. The number of carbonyl (C=O) groups excluding carboxylic acids is 4. The van der Waals surface area contributed by atoms with Crippen molar-refractivity contribution in [1.29, 1.82) is 0 Å². The van der Waals surface area contributed by atoms with Crippen molar-refractivity contribution in [2.24, 2.45) is 0 Å². The Hall–Kier alpha value is -6.12. The van der Waals surface area contributed by atoms with E-state index < -0.39 is 72.7 Å². The van der Waals surface area contributed by atoms with Crippen molar-refractivity contribution in [1.82, 2.24) is 0 Å². The maximum Gasteiger partial charge on any atom is 0.344 e. The van der Waals surface area contributed by atoms with Crippen molar-refractivity contribution in [3.8, 4) is 23.0 Å². The van der Waals surface area contributed by atoms with Gasteiger partial charge in [0.2, 0.25) is 0 Å². The summed E-state index contributed by atoms with van der Waals surface area (Å²) < 4.78 is 63.6. The monoisotopic (exact) mass is 1160 g/mol. The molecule has 0 saturated heterocycles. The van der Waals surface area contributed by atoms with Gasteiger partial charge in [0, 0.05) is 35.1 Å². The van der Waals surface area contributed by atoms with E-state index in [9.17, 15) is 19.2 Å². The fourth-order valence-corrected chi connectivity index (χ4v) is 9.41. The summed E-state index contributed by atoms with van der Waals surface area (Å²) in [5.74, 6) is -0.477. The summed E-state index contributed by atoms with van der Waals surface area (Å²) in [6, 6.07) is 16.6. The molecule has 14 heteroatoms. The molecule has 0 saturated carbocycles. The largest absolute Gasteiger partial charge is 0.481 e. The van der Waals surface area contributed by atoms with Gasteiger partial charge in [0.15, 0.2) is 26.4 Å². The molecular weight excluding hydrogens is 1060 g/mol. The lowest BCUT2D eigenvalue weighted by molar-refractivity contribution is -0.158. The van der Waals surface area contributed by atoms with Crippen LogP contribution in [0.2, 0.25) is 0 Å². The summed E-state index contributed by atoms with van der Waals surface area (Å²) >= 11 is 0. The van der Waals surface area contributed by atoms with Crippen LogP contribution in [-0.4, -0.2) is 72.7 Å². The van der Waals surface area contributed by atoms with Gasteiger partial charge in [-0.25, -0.2) is 19.2 Å². The zero-order valence-corrected chi connectivity index (χ0v) is 55.4. The molecule has 8 bridgehead atoms. The molecule has 0 atom stereocenters. The molecule has 0 unspecified atom stereocenters. The molecule has 0 aromatic heterocycles. The van der Waals surface area contributed by atoms with E-state index in [-0.39, 0.29) is 60.9 Å². The van der Waals surface area contributed by atoms with E-state index in [1.165, 1.54) is 0 Å². The Morgan fingerprint density at radius 2 is 0.464 bits per heavy atom. The van der Waals surface area contributed by atoms with Crippen molar-refractivity contribution in [2.45, 2.75) is 250 Å². The molecule has 0 radical (unpaired) electrons. The summed E-state index contributed by atoms with van der Waals surface area (Å²) in [4.78, 5) is 54.4. The second-order valence-corrected chi connectivity index (χ2v) is 30.3. The third-order valence-corrected chi connectivity index (χ3v) is 13.2. The Balaban J connectivity index is 1.92. The summed E-state index contributed by atoms with van der Waals surface area (Å²) in [6.45, 7) is 45.8. The number of hydrogen-bond donors (Lipinski definition) is 0. The molecule has 84 heavy (non-hydrogen) atoms. The van der Waals surface area contributed by atoms with Gasteiger partial charge >= 0.3 is 23.9 Å². The number of rotatable bonds is 12. The van der Waals surface area contributed by atoms with Crippen LogP contribution < -0.4 is 18.9 Å². The van der Waals surface area contributed by atoms with E-state index >= 15 is 0 Å². The van der Waals surface area contributed by atoms with E-state index in [1.54, 1.807) is 0 Å². The molecule has 1 heterocycles. The molecule has 0 fully saturated rings. The minimum atomic E-state index is -0.771. The Labute approximate surface area is 502 Å². The summed E-state index contributed by atoms with van der Waals surface area (Å²) in [5.41, 5.74) is 4.95. The van der Waals surface area contributed by atoms with Gasteiger partial charge < -0.3 is 47.4 Å². The fourth-order valence-electron chi connectivity index (χ4n) is 9.41. The summed E-state index contributed by atoms with van der Waals surface area (Å²) in [6.07, 6.45) is 0.445. The average Bonchev–Trinajstić information content (AvgIpc) is 2.37. The Morgan fingerprint density at radius 1 is 0.298 bits per heavy atom. The third-order valence-electron chi connectivity index (χ3n) is 13.2. The third kappa shape index (κ3) is 21.1. The molecular formula is C70H100O14. The van der Waals surface area contributed by atoms with E-state index in [4.69, 9.17) is 47.4 Å². The number of ether oxygens (including phenoxy) is 10. The molecule has 0 amide bonds. The molecule has 0 aliphatic carbocycles. The van der Waals surface area contributed by atoms with Crippen molar-refractivity contribution in [3.63, 3.8) is 0 Å². The minimum Gasteiger partial charge on any atom is -0.481 e. The van der Waals surface area contributed by atoms with E-state index in [1.807, 2.05) is 83.1 Å². The average molecular weight is 1170 g/mol. The highest BCUT2D eigenvalue weighted by Crippen LogP contribution is 2.42. The fraction of sp³-hybridized carbons (Fsp3) is 0.600. The van der Waals surface area contributed by atoms with Crippen LogP contribution in [-0.2, 0) is 109 Å². The van der Waals surface area contributed by atoms with Crippen LogP contribution in [0.4, 0.5) is 0 Å². The predicted molar refractivity (Wildman–Crippen MR) is 329 cm³/mol. The lowest BCUT2D eigenvalue weighted by Crippen LogP contribution is -2.28. The second kappa shape index (κ2) is 26.2. The first-order valence-corrected chi connectivity index (χ1v) is 29.4.